The Morgan fingerprint density at radius 2 is 1.71 bits per heavy atom. The van der Waals surface area contributed by atoms with Crippen molar-refractivity contribution >= 4 is 39.6 Å². The van der Waals surface area contributed by atoms with E-state index in [1.54, 1.807) is 54.5 Å². The number of thiophene rings is 1. The third-order valence-corrected chi connectivity index (χ3v) is 6.70. The number of hydrogen-bond acceptors (Lipinski definition) is 6. The van der Waals surface area contributed by atoms with Crippen LogP contribution in [0.2, 0.25) is 5.02 Å². The zero-order valence-corrected chi connectivity index (χ0v) is 18.7. The van der Waals surface area contributed by atoms with Crippen LogP contribution in [-0.4, -0.2) is 37.4 Å². The molecule has 0 saturated carbocycles. The van der Waals surface area contributed by atoms with E-state index in [-0.39, 0.29) is 11.7 Å². The summed E-state index contributed by atoms with van der Waals surface area (Å²) in [6.45, 7) is 0.900. The zero-order valence-electron chi connectivity index (χ0n) is 17.1. The van der Waals surface area contributed by atoms with Crippen LogP contribution < -0.4 is 15.2 Å². The molecule has 0 fully saturated rings. The van der Waals surface area contributed by atoms with Crippen molar-refractivity contribution in [3.05, 3.63) is 74.6 Å². The lowest BCUT2D eigenvalue weighted by atomic mass is 9.96. The Labute approximate surface area is 189 Å². The number of amides is 1. The molecule has 160 valence electrons. The van der Waals surface area contributed by atoms with Crippen molar-refractivity contribution in [2.24, 2.45) is 0 Å². The highest BCUT2D eigenvalue weighted by atomic mass is 35.5. The summed E-state index contributed by atoms with van der Waals surface area (Å²) in [6.07, 6.45) is 0.655. The van der Waals surface area contributed by atoms with Crippen LogP contribution in [0.3, 0.4) is 0 Å². The number of halogens is 1. The fourth-order valence-electron chi connectivity index (χ4n) is 3.73. The van der Waals surface area contributed by atoms with Gasteiger partial charge in [0.25, 0.3) is 5.91 Å². The maximum atomic E-state index is 13.4. The average molecular weight is 457 g/mol. The number of carbonyl (C=O) groups is 2. The third-order valence-electron chi connectivity index (χ3n) is 5.33. The minimum Gasteiger partial charge on any atom is -0.493 e. The van der Waals surface area contributed by atoms with Gasteiger partial charge < -0.3 is 20.1 Å². The van der Waals surface area contributed by atoms with Crippen molar-refractivity contribution in [2.75, 3.05) is 26.5 Å². The predicted octanol–water partition coefficient (Wildman–Crippen LogP) is 4.43. The number of ketones is 1. The van der Waals surface area contributed by atoms with Crippen molar-refractivity contribution in [1.29, 1.82) is 0 Å². The largest absolute Gasteiger partial charge is 0.493 e. The fraction of sp³-hybridized carbons (Fsp3) is 0.217. The van der Waals surface area contributed by atoms with Crippen LogP contribution in [0.15, 0.2) is 42.5 Å². The van der Waals surface area contributed by atoms with Crippen LogP contribution in [0.5, 0.6) is 11.5 Å². The first-order valence-electron chi connectivity index (χ1n) is 9.64. The van der Waals surface area contributed by atoms with Gasteiger partial charge in [-0.2, -0.15) is 0 Å². The van der Waals surface area contributed by atoms with E-state index < -0.39 is 0 Å². The maximum absolute atomic E-state index is 13.4. The Balaban J connectivity index is 1.65. The molecule has 1 amide bonds. The van der Waals surface area contributed by atoms with Gasteiger partial charge in [-0.1, -0.05) is 11.6 Å². The standard InChI is InChI=1S/C23H21ClN2O4S/c1-29-17-8-5-14(11-18(17)30-2)21(27)20-16-12-26(10-9-19(16)31-22(20)25)23(28)13-3-6-15(24)7-4-13/h3-8,11H,9-10,12,25H2,1-2H3. The van der Waals surface area contributed by atoms with E-state index in [1.807, 2.05) is 0 Å². The first-order valence-corrected chi connectivity index (χ1v) is 10.8. The Morgan fingerprint density at radius 1 is 1.03 bits per heavy atom. The van der Waals surface area contributed by atoms with Crippen molar-refractivity contribution in [1.82, 2.24) is 4.90 Å². The Kier molecular flexibility index (Phi) is 5.89. The SMILES string of the molecule is COc1ccc(C(=O)c2c(N)sc3c2CN(C(=O)c2ccc(Cl)cc2)CC3)cc1OC. The van der Waals surface area contributed by atoms with Gasteiger partial charge in [0.05, 0.1) is 24.8 Å². The van der Waals surface area contributed by atoms with Gasteiger partial charge in [-0.05, 0) is 54.4 Å². The smallest absolute Gasteiger partial charge is 0.254 e. The molecule has 6 nitrogen and oxygen atoms in total. The number of anilines is 1. The third kappa shape index (κ3) is 3.98. The number of hydrogen-bond donors (Lipinski definition) is 1. The first kappa shape index (κ1) is 21.2. The first-order chi connectivity index (χ1) is 14.9. The molecule has 2 N–H and O–H groups in total. The molecular formula is C23H21ClN2O4S. The highest BCUT2D eigenvalue weighted by Crippen LogP contribution is 2.38. The molecule has 1 aliphatic rings. The summed E-state index contributed by atoms with van der Waals surface area (Å²) in [6, 6.07) is 11.8. The van der Waals surface area contributed by atoms with Gasteiger partial charge in [-0.25, -0.2) is 0 Å². The van der Waals surface area contributed by atoms with E-state index in [2.05, 4.69) is 0 Å². The monoisotopic (exact) mass is 456 g/mol. The van der Waals surface area contributed by atoms with Crippen LogP contribution in [-0.2, 0) is 13.0 Å². The quantitative estimate of drug-likeness (QED) is 0.574. The highest BCUT2D eigenvalue weighted by molar-refractivity contribution is 7.16. The van der Waals surface area contributed by atoms with Crippen molar-refractivity contribution in [3.8, 4) is 11.5 Å². The number of benzene rings is 2. The van der Waals surface area contributed by atoms with Crippen LogP contribution in [0, 0.1) is 0 Å². The normalized spacial score (nSPS) is 12.9. The van der Waals surface area contributed by atoms with E-state index in [4.69, 9.17) is 26.8 Å². The molecule has 0 unspecified atom stereocenters. The number of ether oxygens (including phenoxy) is 2. The number of nitrogens with zero attached hydrogens (tertiary/aromatic N) is 1. The van der Waals surface area contributed by atoms with Gasteiger partial charge >= 0.3 is 0 Å². The molecule has 4 rings (SSSR count). The van der Waals surface area contributed by atoms with Crippen LogP contribution in [0.1, 0.15) is 36.7 Å². The highest BCUT2D eigenvalue weighted by Gasteiger charge is 2.30. The summed E-state index contributed by atoms with van der Waals surface area (Å²) in [7, 11) is 3.06. The number of nitrogens with two attached hydrogens (primary N) is 1. The van der Waals surface area contributed by atoms with Crippen molar-refractivity contribution < 1.29 is 19.1 Å². The van der Waals surface area contributed by atoms with Crippen LogP contribution in [0.4, 0.5) is 5.00 Å². The van der Waals surface area contributed by atoms with E-state index >= 15 is 0 Å². The second kappa shape index (κ2) is 8.61. The molecule has 31 heavy (non-hydrogen) atoms. The second-order valence-corrected chi connectivity index (χ2v) is 8.70. The van der Waals surface area contributed by atoms with Crippen molar-refractivity contribution in [2.45, 2.75) is 13.0 Å². The van der Waals surface area contributed by atoms with Gasteiger partial charge in [0.2, 0.25) is 0 Å². The minimum absolute atomic E-state index is 0.100. The number of nitrogen functional groups attached to an aromatic ring is 1. The maximum Gasteiger partial charge on any atom is 0.254 e. The molecule has 2 heterocycles. The second-order valence-electron chi connectivity index (χ2n) is 7.13. The summed E-state index contributed by atoms with van der Waals surface area (Å²) in [5.41, 5.74) is 8.54. The van der Waals surface area contributed by atoms with Crippen molar-refractivity contribution in [3.63, 3.8) is 0 Å². The molecular weight excluding hydrogens is 436 g/mol. The van der Waals surface area contributed by atoms with Crippen LogP contribution >= 0.6 is 22.9 Å². The summed E-state index contributed by atoms with van der Waals surface area (Å²) in [5.74, 6) is 0.711. The molecule has 0 saturated heterocycles. The fourth-order valence-corrected chi connectivity index (χ4v) is 4.92. The van der Waals surface area contributed by atoms with Gasteiger partial charge in [0.1, 0.15) is 0 Å². The lowest BCUT2D eigenvalue weighted by Gasteiger charge is -2.27. The number of carbonyl (C=O) groups excluding carboxylic acids is 2. The predicted molar refractivity (Wildman–Crippen MR) is 122 cm³/mol. The zero-order chi connectivity index (χ0) is 22.1. The average Bonchev–Trinajstić information content (AvgIpc) is 3.12. The minimum atomic E-state index is -0.197. The lowest BCUT2D eigenvalue weighted by Crippen LogP contribution is -2.36. The molecule has 1 aromatic heterocycles. The number of fused-ring (bicyclic) bond motifs is 1. The molecule has 2 aromatic carbocycles. The summed E-state index contributed by atoms with van der Waals surface area (Å²) in [4.78, 5) is 29.1. The topological polar surface area (TPSA) is 81.9 Å². The van der Waals surface area contributed by atoms with E-state index in [9.17, 15) is 9.59 Å². The Morgan fingerprint density at radius 3 is 2.39 bits per heavy atom. The van der Waals surface area contributed by atoms with Crippen LogP contribution in [0.25, 0.3) is 0 Å². The van der Waals surface area contributed by atoms with Gasteiger partial charge in [0, 0.05) is 34.1 Å². The lowest BCUT2D eigenvalue weighted by molar-refractivity contribution is 0.0734. The number of rotatable bonds is 5. The summed E-state index contributed by atoms with van der Waals surface area (Å²) in [5, 5.41) is 1.04. The van der Waals surface area contributed by atoms with E-state index in [0.29, 0.717) is 57.7 Å². The molecule has 0 spiro atoms. The number of methoxy groups -OCH3 is 2. The molecule has 0 bridgehead atoms. The molecule has 0 radical (unpaired) electrons. The molecule has 3 aromatic rings. The molecule has 0 aliphatic carbocycles. The van der Waals surface area contributed by atoms with Gasteiger partial charge in [-0.3, -0.25) is 9.59 Å². The summed E-state index contributed by atoms with van der Waals surface area (Å²) >= 11 is 7.35. The van der Waals surface area contributed by atoms with Gasteiger partial charge in [0.15, 0.2) is 17.3 Å². The Bertz CT molecular complexity index is 1160. The Hall–Kier alpha value is -3.03. The van der Waals surface area contributed by atoms with E-state index in [1.165, 1.54) is 18.4 Å². The summed E-state index contributed by atoms with van der Waals surface area (Å²) < 4.78 is 10.6. The van der Waals surface area contributed by atoms with E-state index in [0.717, 1.165) is 10.4 Å². The molecule has 0 atom stereocenters. The van der Waals surface area contributed by atoms with Gasteiger partial charge in [-0.15, -0.1) is 11.3 Å². The molecule has 1 aliphatic heterocycles. The molecule has 8 heteroatoms.